The lowest BCUT2D eigenvalue weighted by molar-refractivity contribution is 0.612. The normalized spacial score (nSPS) is 9.83. The molecule has 90 valence electrons. The molecule has 2 aromatic rings. The van der Waals surface area contributed by atoms with Crippen LogP contribution < -0.4 is 5.32 Å². The summed E-state index contributed by atoms with van der Waals surface area (Å²) in [5.41, 5.74) is 1.70. The van der Waals surface area contributed by atoms with Crippen molar-refractivity contribution in [2.75, 3.05) is 5.32 Å². The molecule has 4 heteroatoms. The number of nitrogens with zero attached hydrogens (tertiary/aromatic N) is 1. The Morgan fingerprint density at radius 2 is 1.89 bits per heavy atom. The van der Waals surface area contributed by atoms with E-state index in [1.807, 2.05) is 18.2 Å². The van der Waals surface area contributed by atoms with Crippen LogP contribution in [0.3, 0.4) is 0 Å². The largest absolute Gasteiger partial charge is 0.381 e. The monoisotopic (exact) mass is 260 g/mol. The summed E-state index contributed by atoms with van der Waals surface area (Å²) in [6.45, 7) is 0.360. The molecule has 0 aliphatic carbocycles. The molecule has 0 saturated heterocycles. The molecule has 0 heterocycles. The third-order valence-corrected chi connectivity index (χ3v) is 2.76. The van der Waals surface area contributed by atoms with Crippen molar-refractivity contribution in [3.63, 3.8) is 0 Å². The van der Waals surface area contributed by atoms with Crippen molar-refractivity contribution < 1.29 is 4.39 Å². The molecule has 1 N–H and O–H groups in total. The molecule has 0 aliphatic heterocycles. The third kappa shape index (κ3) is 2.99. The Labute approximate surface area is 110 Å². The van der Waals surface area contributed by atoms with Gasteiger partial charge in [0.1, 0.15) is 5.82 Å². The summed E-state index contributed by atoms with van der Waals surface area (Å²) in [5.74, 6) is -0.379. The van der Waals surface area contributed by atoms with Gasteiger partial charge in [-0.25, -0.2) is 4.39 Å². The number of benzene rings is 2. The topological polar surface area (TPSA) is 35.8 Å². The summed E-state index contributed by atoms with van der Waals surface area (Å²) in [4.78, 5) is 0. The predicted octanol–water partition coefficient (Wildman–Crippen LogP) is 3.96. The van der Waals surface area contributed by atoms with E-state index in [1.54, 1.807) is 24.3 Å². The molecule has 0 fully saturated rings. The lowest BCUT2D eigenvalue weighted by Gasteiger charge is -2.07. The van der Waals surface area contributed by atoms with Crippen molar-refractivity contribution >= 4 is 17.3 Å². The molecular weight excluding hydrogens is 251 g/mol. The van der Waals surface area contributed by atoms with Gasteiger partial charge in [-0.3, -0.25) is 0 Å². The Bertz CT molecular complexity index is 588. The summed E-state index contributed by atoms with van der Waals surface area (Å²) < 4.78 is 13.6. The Morgan fingerprint density at radius 1 is 1.17 bits per heavy atom. The van der Waals surface area contributed by atoms with Crippen LogP contribution in [0.4, 0.5) is 10.1 Å². The van der Waals surface area contributed by atoms with Crippen LogP contribution in [0.2, 0.25) is 5.02 Å². The van der Waals surface area contributed by atoms with Gasteiger partial charge in [0.05, 0.1) is 11.6 Å². The molecule has 2 nitrogen and oxygen atoms in total. The second kappa shape index (κ2) is 5.52. The van der Waals surface area contributed by atoms with Crippen molar-refractivity contribution in [1.29, 1.82) is 5.26 Å². The molecule has 0 unspecified atom stereocenters. The van der Waals surface area contributed by atoms with Gasteiger partial charge in [-0.15, -0.1) is 0 Å². The van der Waals surface area contributed by atoms with Crippen LogP contribution in [0.1, 0.15) is 11.1 Å². The predicted molar refractivity (Wildman–Crippen MR) is 69.9 cm³/mol. The fourth-order valence-corrected chi connectivity index (χ4v) is 1.65. The second-order valence-corrected chi connectivity index (χ2v) is 4.21. The minimum Gasteiger partial charge on any atom is -0.381 e. The first-order chi connectivity index (χ1) is 8.69. The van der Waals surface area contributed by atoms with Crippen molar-refractivity contribution in [1.82, 2.24) is 0 Å². The van der Waals surface area contributed by atoms with E-state index in [0.717, 1.165) is 5.69 Å². The number of halogens is 2. The minimum atomic E-state index is -0.379. The summed E-state index contributed by atoms with van der Waals surface area (Å²) >= 11 is 5.77. The number of anilines is 1. The summed E-state index contributed by atoms with van der Waals surface area (Å²) in [7, 11) is 0. The fraction of sp³-hybridized carbons (Fsp3) is 0.0714. The number of nitrogens with one attached hydrogen (secondary N) is 1. The SMILES string of the molecule is N#Cc1ccc(CNc2ccc(Cl)cc2)c(F)c1. The summed E-state index contributed by atoms with van der Waals surface area (Å²) in [5, 5.41) is 12.4. The molecular formula is C14H10ClFN2. The van der Waals surface area contributed by atoms with E-state index in [-0.39, 0.29) is 5.82 Å². The Balaban J connectivity index is 2.06. The van der Waals surface area contributed by atoms with Gasteiger partial charge in [-0.05, 0) is 36.4 Å². The average molecular weight is 261 g/mol. The molecule has 18 heavy (non-hydrogen) atoms. The second-order valence-electron chi connectivity index (χ2n) is 3.78. The molecule has 0 bridgehead atoms. The van der Waals surface area contributed by atoms with E-state index in [2.05, 4.69) is 5.32 Å². The van der Waals surface area contributed by atoms with Crippen LogP contribution in [0.5, 0.6) is 0 Å². The minimum absolute atomic E-state index is 0.322. The van der Waals surface area contributed by atoms with Crippen molar-refractivity contribution in [3.8, 4) is 6.07 Å². The zero-order valence-electron chi connectivity index (χ0n) is 9.45. The van der Waals surface area contributed by atoms with Crippen LogP contribution in [-0.4, -0.2) is 0 Å². The molecule has 0 spiro atoms. The van der Waals surface area contributed by atoms with E-state index in [1.165, 1.54) is 6.07 Å². The Kier molecular flexibility index (Phi) is 3.81. The van der Waals surface area contributed by atoms with E-state index < -0.39 is 0 Å². The van der Waals surface area contributed by atoms with Crippen molar-refractivity contribution in [3.05, 3.63) is 64.4 Å². The Hall–Kier alpha value is -2.05. The number of nitriles is 1. The number of hydrogen-bond acceptors (Lipinski definition) is 2. The molecule has 0 radical (unpaired) electrons. The van der Waals surface area contributed by atoms with Gasteiger partial charge < -0.3 is 5.32 Å². The van der Waals surface area contributed by atoms with Gasteiger partial charge in [-0.2, -0.15) is 5.26 Å². The fourth-order valence-electron chi connectivity index (χ4n) is 1.53. The van der Waals surface area contributed by atoms with Crippen LogP contribution in [0.15, 0.2) is 42.5 Å². The van der Waals surface area contributed by atoms with Gasteiger partial charge in [0, 0.05) is 22.8 Å². The van der Waals surface area contributed by atoms with E-state index in [0.29, 0.717) is 22.7 Å². The maximum atomic E-state index is 13.6. The highest BCUT2D eigenvalue weighted by molar-refractivity contribution is 6.30. The van der Waals surface area contributed by atoms with Crippen LogP contribution in [-0.2, 0) is 6.54 Å². The average Bonchev–Trinajstić information content (AvgIpc) is 2.39. The first-order valence-electron chi connectivity index (χ1n) is 5.37. The zero-order valence-corrected chi connectivity index (χ0v) is 10.2. The lowest BCUT2D eigenvalue weighted by Crippen LogP contribution is -2.01. The zero-order chi connectivity index (χ0) is 13.0. The molecule has 2 rings (SSSR count). The van der Waals surface area contributed by atoms with Crippen LogP contribution in [0.25, 0.3) is 0 Å². The van der Waals surface area contributed by atoms with Crippen molar-refractivity contribution in [2.24, 2.45) is 0 Å². The van der Waals surface area contributed by atoms with Gasteiger partial charge in [0.2, 0.25) is 0 Å². The van der Waals surface area contributed by atoms with Crippen LogP contribution >= 0.6 is 11.6 Å². The molecule has 0 amide bonds. The lowest BCUT2D eigenvalue weighted by atomic mass is 10.1. The maximum absolute atomic E-state index is 13.6. The third-order valence-electron chi connectivity index (χ3n) is 2.51. The van der Waals surface area contributed by atoms with E-state index >= 15 is 0 Å². The number of hydrogen-bond donors (Lipinski definition) is 1. The first kappa shape index (κ1) is 12.4. The van der Waals surface area contributed by atoms with Gasteiger partial charge in [0.15, 0.2) is 0 Å². The highest BCUT2D eigenvalue weighted by Crippen LogP contribution is 2.16. The van der Waals surface area contributed by atoms with Gasteiger partial charge >= 0.3 is 0 Å². The molecule has 0 aliphatic rings. The molecule has 0 atom stereocenters. The quantitative estimate of drug-likeness (QED) is 0.907. The summed E-state index contributed by atoms with van der Waals surface area (Å²) in [6, 6.07) is 13.5. The van der Waals surface area contributed by atoms with Gasteiger partial charge in [-0.1, -0.05) is 17.7 Å². The summed E-state index contributed by atoms with van der Waals surface area (Å²) in [6.07, 6.45) is 0. The van der Waals surface area contributed by atoms with Gasteiger partial charge in [0.25, 0.3) is 0 Å². The molecule has 0 saturated carbocycles. The molecule has 0 aromatic heterocycles. The molecule has 2 aromatic carbocycles. The maximum Gasteiger partial charge on any atom is 0.129 e. The van der Waals surface area contributed by atoms with E-state index in [4.69, 9.17) is 16.9 Å². The smallest absolute Gasteiger partial charge is 0.129 e. The number of rotatable bonds is 3. The van der Waals surface area contributed by atoms with Crippen LogP contribution in [0, 0.1) is 17.1 Å². The first-order valence-corrected chi connectivity index (χ1v) is 5.75. The highest BCUT2D eigenvalue weighted by atomic mass is 35.5. The van der Waals surface area contributed by atoms with E-state index in [9.17, 15) is 4.39 Å². The highest BCUT2D eigenvalue weighted by Gasteiger charge is 2.03. The standard InChI is InChI=1S/C14H10ClFN2/c15-12-3-5-13(6-4-12)18-9-11-2-1-10(8-17)7-14(11)16/h1-7,18H,9H2. The van der Waals surface area contributed by atoms with Crippen molar-refractivity contribution in [2.45, 2.75) is 6.54 Å². The Morgan fingerprint density at radius 3 is 2.50 bits per heavy atom.